The number of aliphatic imine (C=N–C) groups is 1. The standard InChI is InChI=1S/C17H27N5S.HI/c1-4-18-17(19-11-16-13(2)20-14(3)23-16)22-10-7-15(12-22)21-8-5-6-9-21;/h5-6,15H,4,7-12H2,1-3H3,(H,18,19);1H. The van der Waals surface area contributed by atoms with E-state index in [0.29, 0.717) is 6.04 Å². The molecule has 0 aliphatic carbocycles. The average molecular weight is 461 g/mol. The molecule has 1 atom stereocenters. The van der Waals surface area contributed by atoms with E-state index < -0.39 is 0 Å². The predicted octanol–water partition coefficient (Wildman–Crippen LogP) is 2.79. The predicted molar refractivity (Wildman–Crippen MR) is 113 cm³/mol. The zero-order chi connectivity index (χ0) is 16.2. The van der Waals surface area contributed by atoms with Crippen molar-refractivity contribution in [2.75, 3.05) is 32.7 Å². The van der Waals surface area contributed by atoms with Gasteiger partial charge in [-0.15, -0.1) is 35.3 Å². The number of likely N-dealkylation sites (tertiary alicyclic amines) is 1. The van der Waals surface area contributed by atoms with Crippen molar-refractivity contribution in [3.63, 3.8) is 0 Å². The average Bonchev–Trinajstić information content (AvgIpc) is 3.24. The summed E-state index contributed by atoms with van der Waals surface area (Å²) in [4.78, 5) is 15.6. The molecule has 5 nitrogen and oxygen atoms in total. The quantitative estimate of drug-likeness (QED) is 0.324. The van der Waals surface area contributed by atoms with Crippen LogP contribution in [0.1, 0.15) is 28.9 Å². The molecule has 1 aromatic rings. The zero-order valence-electron chi connectivity index (χ0n) is 14.8. The van der Waals surface area contributed by atoms with Gasteiger partial charge in [-0.05, 0) is 27.2 Å². The maximum atomic E-state index is 4.87. The van der Waals surface area contributed by atoms with Crippen molar-refractivity contribution in [1.29, 1.82) is 0 Å². The second kappa shape index (κ2) is 9.15. The first kappa shape index (κ1) is 19.7. The minimum atomic E-state index is 0. The minimum absolute atomic E-state index is 0. The van der Waals surface area contributed by atoms with Crippen LogP contribution in [0.4, 0.5) is 0 Å². The highest BCUT2D eigenvalue weighted by Crippen LogP contribution is 2.20. The van der Waals surface area contributed by atoms with Gasteiger partial charge in [-0.25, -0.2) is 9.98 Å². The van der Waals surface area contributed by atoms with Crippen LogP contribution >= 0.6 is 35.3 Å². The molecule has 1 fully saturated rings. The third-order valence-electron chi connectivity index (χ3n) is 4.53. The maximum Gasteiger partial charge on any atom is 0.194 e. The number of thiazole rings is 1. The molecule has 1 saturated heterocycles. The van der Waals surface area contributed by atoms with Crippen LogP contribution in [-0.2, 0) is 6.54 Å². The molecule has 3 rings (SSSR count). The molecule has 0 radical (unpaired) electrons. The van der Waals surface area contributed by atoms with Gasteiger partial charge in [0.2, 0.25) is 0 Å². The molecule has 2 aliphatic heterocycles. The molecule has 1 N–H and O–H groups in total. The lowest BCUT2D eigenvalue weighted by molar-refractivity contribution is 0.259. The molecule has 1 aromatic heterocycles. The first-order chi connectivity index (χ1) is 11.2. The van der Waals surface area contributed by atoms with Crippen molar-refractivity contribution in [3.05, 3.63) is 27.7 Å². The molecule has 0 spiro atoms. The number of aromatic nitrogens is 1. The van der Waals surface area contributed by atoms with Gasteiger partial charge in [0.1, 0.15) is 0 Å². The third kappa shape index (κ3) is 4.70. The highest BCUT2D eigenvalue weighted by Gasteiger charge is 2.29. The monoisotopic (exact) mass is 461 g/mol. The Morgan fingerprint density at radius 1 is 1.38 bits per heavy atom. The summed E-state index contributed by atoms with van der Waals surface area (Å²) < 4.78 is 0. The second-order valence-electron chi connectivity index (χ2n) is 6.23. The number of nitrogens with zero attached hydrogens (tertiary/aromatic N) is 4. The smallest absolute Gasteiger partial charge is 0.194 e. The lowest BCUT2D eigenvalue weighted by atomic mass is 10.2. The Bertz CT molecular complexity index is 590. The van der Waals surface area contributed by atoms with E-state index in [1.54, 1.807) is 11.3 Å². The van der Waals surface area contributed by atoms with Gasteiger partial charge >= 0.3 is 0 Å². The van der Waals surface area contributed by atoms with Crippen molar-refractivity contribution in [2.24, 2.45) is 4.99 Å². The van der Waals surface area contributed by atoms with Crippen LogP contribution in [0.3, 0.4) is 0 Å². The zero-order valence-corrected chi connectivity index (χ0v) is 17.9. The van der Waals surface area contributed by atoms with E-state index in [4.69, 9.17) is 4.99 Å². The van der Waals surface area contributed by atoms with Gasteiger partial charge in [0.25, 0.3) is 0 Å². The first-order valence-electron chi connectivity index (χ1n) is 8.52. The number of rotatable bonds is 4. The summed E-state index contributed by atoms with van der Waals surface area (Å²) in [7, 11) is 0. The van der Waals surface area contributed by atoms with Crippen LogP contribution in [-0.4, -0.2) is 59.5 Å². The highest BCUT2D eigenvalue weighted by atomic mass is 127. The molecular formula is C17H28IN5S. The highest BCUT2D eigenvalue weighted by molar-refractivity contribution is 14.0. The van der Waals surface area contributed by atoms with Gasteiger partial charge in [0.05, 0.1) is 17.2 Å². The molecule has 134 valence electrons. The summed E-state index contributed by atoms with van der Waals surface area (Å²) in [5.41, 5.74) is 1.12. The topological polar surface area (TPSA) is 43.8 Å². The Balaban J connectivity index is 0.00000208. The van der Waals surface area contributed by atoms with E-state index in [1.165, 1.54) is 11.3 Å². The van der Waals surface area contributed by atoms with Crippen LogP contribution in [0, 0.1) is 13.8 Å². The molecule has 0 aromatic carbocycles. The van der Waals surface area contributed by atoms with E-state index in [0.717, 1.165) is 55.9 Å². The molecule has 3 heterocycles. The van der Waals surface area contributed by atoms with Gasteiger partial charge in [-0.1, -0.05) is 12.2 Å². The van der Waals surface area contributed by atoms with Gasteiger partial charge in [-0.2, -0.15) is 0 Å². The molecule has 0 amide bonds. The van der Waals surface area contributed by atoms with E-state index in [1.807, 2.05) is 0 Å². The lowest BCUT2D eigenvalue weighted by Gasteiger charge is -2.25. The normalized spacial score (nSPS) is 21.4. The maximum absolute atomic E-state index is 4.87. The van der Waals surface area contributed by atoms with E-state index in [-0.39, 0.29) is 24.0 Å². The number of hydrogen-bond acceptors (Lipinski definition) is 4. The van der Waals surface area contributed by atoms with Crippen LogP contribution in [0.15, 0.2) is 17.1 Å². The first-order valence-corrected chi connectivity index (χ1v) is 9.34. The number of aryl methyl sites for hydroxylation is 2. The van der Waals surface area contributed by atoms with Gasteiger partial charge in [-0.3, -0.25) is 4.90 Å². The Kier molecular flexibility index (Phi) is 7.49. The van der Waals surface area contributed by atoms with Gasteiger partial charge in [0.15, 0.2) is 5.96 Å². The van der Waals surface area contributed by atoms with E-state index in [9.17, 15) is 0 Å². The second-order valence-corrected chi connectivity index (χ2v) is 7.51. The minimum Gasteiger partial charge on any atom is -0.357 e. The Labute approximate surface area is 166 Å². The SMILES string of the molecule is CCNC(=NCc1sc(C)nc1C)N1CCC(N2CC=CC2)C1.I. The van der Waals surface area contributed by atoms with Crippen LogP contribution in [0.5, 0.6) is 0 Å². The summed E-state index contributed by atoms with van der Waals surface area (Å²) >= 11 is 1.76. The van der Waals surface area contributed by atoms with Crippen LogP contribution in [0.25, 0.3) is 0 Å². The fourth-order valence-electron chi connectivity index (χ4n) is 3.32. The molecule has 2 aliphatic rings. The van der Waals surface area contributed by atoms with E-state index in [2.05, 4.69) is 53.0 Å². The summed E-state index contributed by atoms with van der Waals surface area (Å²) in [5, 5.41) is 4.58. The third-order valence-corrected chi connectivity index (χ3v) is 5.59. The van der Waals surface area contributed by atoms with Gasteiger partial charge in [0, 0.05) is 43.6 Å². The summed E-state index contributed by atoms with van der Waals surface area (Å²) in [5.74, 6) is 1.05. The summed E-state index contributed by atoms with van der Waals surface area (Å²) in [6.45, 7) is 12.3. The van der Waals surface area contributed by atoms with Crippen molar-refractivity contribution in [3.8, 4) is 0 Å². The fourth-order valence-corrected chi connectivity index (χ4v) is 4.18. The Morgan fingerprint density at radius 2 is 2.12 bits per heavy atom. The molecule has 0 saturated carbocycles. The van der Waals surface area contributed by atoms with Crippen molar-refractivity contribution in [1.82, 2.24) is 20.1 Å². The Morgan fingerprint density at radius 3 is 2.75 bits per heavy atom. The summed E-state index contributed by atoms with van der Waals surface area (Å²) in [6, 6.07) is 0.654. The van der Waals surface area contributed by atoms with Crippen LogP contribution < -0.4 is 5.32 Å². The number of halogens is 1. The molecule has 24 heavy (non-hydrogen) atoms. The molecular weight excluding hydrogens is 433 g/mol. The lowest BCUT2D eigenvalue weighted by Crippen LogP contribution is -2.42. The number of hydrogen-bond donors (Lipinski definition) is 1. The molecule has 0 bridgehead atoms. The molecule has 1 unspecified atom stereocenters. The number of guanidine groups is 1. The fraction of sp³-hybridized carbons (Fsp3) is 0.647. The Hall–Kier alpha value is -0.670. The summed E-state index contributed by atoms with van der Waals surface area (Å²) in [6.07, 6.45) is 5.78. The van der Waals surface area contributed by atoms with Crippen molar-refractivity contribution in [2.45, 2.75) is 39.8 Å². The van der Waals surface area contributed by atoms with Crippen LogP contribution in [0.2, 0.25) is 0 Å². The largest absolute Gasteiger partial charge is 0.357 e. The van der Waals surface area contributed by atoms with Crippen molar-refractivity contribution >= 4 is 41.3 Å². The number of nitrogens with one attached hydrogen (secondary N) is 1. The van der Waals surface area contributed by atoms with Crippen molar-refractivity contribution < 1.29 is 0 Å². The molecule has 7 heteroatoms. The van der Waals surface area contributed by atoms with Gasteiger partial charge < -0.3 is 10.2 Å². The van der Waals surface area contributed by atoms with E-state index >= 15 is 0 Å².